The highest BCUT2D eigenvalue weighted by molar-refractivity contribution is 5.96. The van der Waals surface area contributed by atoms with Gasteiger partial charge >= 0.3 is 12.1 Å². The molecule has 0 fully saturated rings. The Hall–Kier alpha value is -2.05. The van der Waals surface area contributed by atoms with E-state index in [1.807, 2.05) is 0 Å². The lowest BCUT2D eigenvalue weighted by atomic mass is 10.1. The summed E-state index contributed by atoms with van der Waals surface area (Å²) in [6, 6.07) is 3.87. The number of hydrogen-bond donors (Lipinski definition) is 0. The van der Waals surface area contributed by atoms with Crippen LogP contribution in [-0.2, 0) is 15.7 Å². The highest BCUT2D eigenvalue weighted by Crippen LogP contribution is 2.29. The van der Waals surface area contributed by atoms with Crippen LogP contribution in [-0.4, -0.2) is 36.5 Å². The molecule has 1 aromatic rings. The molecule has 0 aliphatic heterocycles. The highest BCUT2D eigenvalue weighted by atomic mass is 19.4. The number of halogens is 3. The lowest BCUT2D eigenvalue weighted by molar-refractivity contribution is -0.143. The quantitative estimate of drug-likeness (QED) is 0.786. The number of nitrogens with zero attached hydrogens (tertiary/aromatic N) is 1. The minimum absolute atomic E-state index is 0.0918. The van der Waals surface area contributed by atoms with Gasteiger partial charge in [-0.05, 0) is 38.1 Å². The average Bonchev–Trinajstić information content (AvgIpc) is 2.43. The maximum Gasteiger partial charge on any atom is 0.416 e. The molecular formula is C14H16F3NO3. The van der Waals surface area contributed by atoms with Gasteiger partial charge in [-0.2, -0.15) is 13.2 Å². The zero-order valence-electron chi connectivity index (χ0n) is 11.7. The number of benzene rings is 1. The standard InChI is InChI=1S/C14H16F3NO3/c1-3-18(9-12(19)21-4-2)13(20)10-5-7-11(8-6-10)14(15,16)17/h5-8H,3-4,9H2,1-2H3. The number of hydrogen-bond acceptors (Lipinski definition) is 3. The summed E-state index contributed by atoms with van der Waals surface area (Å²) >= 11 is 0. The molecule has 7 heteroatoms. The molecule has 0 heterocycles. The number of esters is 1. The second-order valence-electron chi connectivity index (χ2n) is 4.20. The lowest BCUT2D eigenvalue weighted by Crippen LogP contribution is -2.36. The molecule has 0 bridgehead atoms. The number of ether oxygens (including phenoxy) is 1. The van der Waals surface area contributed by atoms with Gasteiger partial charge in [0.2, 0.25) is 0 Å². The molecule has 0 aliphatic carbocycles. The Kier molecular flexibility index (Phi) is 5.75. The fourth-order valence-electron chi connectivity index (χ4n) is 1.67. The van der Waals surface area contributed by atoms with Crippen LogP contribution in [0.3, 0.4) is 0 Å². The molecule has 0 saturated carbocycles. The summed E-state index contributed by atoms with van der Waals surface area (Å²) < 4.78 is 42.1. The van der Waals surface area contributed by atoms with E-state index in [0.717, 1.165) is 24.3 Å². The van der Waals surface area contributed by atoms with Gasteiger partial charge in [-0.25, -0.2) is 0 Å². The summed E-state index contributed by atoms with van der Waals surface area (Å²) in [4.78, 5) is 24.7. The van der Waals surface area contributed by atoms with Gasteiger partial charge in [0.05, 0.1) is 12.2 Å². The van der Waals surface area contributed by atoms with Crippen molar-refractivity contribution in [3.63, 3.8) is 0 Å². The van der Waals surface area contributed by atoms with Crippen LogP contribution >= 0.6 is 0 Å². The summed E-state index contributed by atoms with van der Waals surface area (Å²) in [5, 5.41) is 0. The minimum Gasteiger partial charge on any atom is -0.465 e. The van der Waals surface area contributed by atoms with E-state index in [0.29, 0.717) is 0 Å². The number of carbonyl (C=O) groups is 2. The van der Waals surface area contributed by atoms with E-state index in [1.165, 1.54) is 4.90 Å². The van der Waals surface area contributed by atoms with E-state index in [9.17, 15) is 22.8 Å². The lowest BCUT2D eigenvalue weighted by Gasteiger charge is -2.20. The fraction of sp³-hybridized carbons (Fsp3) is 0.429. The van der Waals surface area contributed by atoms with Gasteiger partial charge in [0.25, 0.3) is 5.91 Å². The van der Waals surface area contributed by atoms with Crippen molar-refractivity contribution in [2.24, 2.45) is 0 Å². The van der Waals surface area contributed by atoms with E-state index in [2.05, 4.69) is 0 Å². The Bertz CT molecular complexity index is 497. The largest absolute Gasteiger partial charge is 0.465 e. The molecule has 116 valence electrons. The maximum atomic E-state index is 12.4. The van der Waals surface area contributed by atoms with Gasteiger partial charge in [-0.1, -0.05) is 0 Å². The predicted molar refractivity (Wildman–Crippen MR) is 69.7 cm³/mol. The number of alkyl halides is 3. The summed E-state index contributed by atoms with van der Waals surface area (Å²) in [5.41, 5.74) is -0.735. The van der Waals surface area contributed by atoms with Crippen molar-refractivity contribution < 1.29 is 27.5 Å². The zero-order valence-corrected chi connectivity index (χ0v) is 11.7. The Balaban J connectivity index is 2.83. The molecule has 0 unspecified atom stereocenters. The Morgan fingerprint density at radius 1 is 1.14 bits per heavy atom. The van der Waals surface area contributed by atoms with Crippen molar-refractivity contribution >= 4 is 11.9 Å². The summed E-state index contributed by atoms with van der Waals surface area (Å²) in [6.07, 6.45) is -4.45. The smallest absolute Gasteiger partial charge is 0.416 e. The number of amides is 1. The molecule has 21 heavy (non-hydrogen) atoms. The van der Waals surface area contributed by atoms with Crippen molar-refractivity contribution in [3.05, 3.63) is 35.4 Å². The van der Waals surface area contributed by atoms with E-state index in [1.54, 1.807) is 13.8 Å². The normalized spacial score (nSPS) is 11.1. The fourth-order valence-corrected chi connectivity index (χ4v) is 1.67. The van der Waals surface area contributed by atoms with Crippen molar-refractivity contribution in [1.29, 1.82) is 0 Å². The van der Waals surface area contributed by atoms with Crippen molar-refractivity contribution in [1.82, 2.24) is 4.90 Å². The van der Waals surface area contributed by atoms with E-state index in [4.69, 9.17) is 4.74 Å². The number of likely N-dealkylation sites (N-methyl/N-ethyl adjacent to an activating group) is 1. The molecule has 0 radical (unpaired) electrons. The van der Waals surface area contributed by atoms with Crippen LogP contribution in [0, 0.1) is 0 Å². The van der Waals surface area contributed by atoms with Crippen LogP contribution in [0.5, 0.6) is 0 Å². The predicted octanol–water partition coefficient (Wildman–Crippen LogP) is 2.73. The third-order valence-electron chi connectivity index (χ3n) is 2.75. The third-order valence-corrected chi connectivity index (χ3v) is 2.75. The summed E-state index contributed by atoms with van der Waals surface area (Å²) in [7, 11) is 0. The van der Waals surface area contributed by atoms with Crippen LogP contribution in [0.15, 0.2) is 24.3 Å². The first-order valence-electron chi connectivity index (χ1n) is 6.41. The first-order chi connectivity index (χ1) is 9.79. The van der Waals surface area contributed by atoms with Gasteiger partial charge in [0.15, 0.2) is 0 Å². The second-order valence-corrected chi connectivity index (χ2v) is 4.20. The monoisotopic (exact) mass is 303 g/mol. The first kappa shape index (κ1) is 17.0. The minimum atomic E-state index is -4.45. The Morgan fingerprint density at radius 3 is 2.14 bits per heavy atom. The molecule has 0 atom stereocenters. The highest BCUT2D eigenvalue weighted by Gasteiger charge is 2.30. The Morgan fingerprint density at radius 2 is 1.71 bits per heavy atom. The van der Waals surface area contributed by atoms with Crippen molar-refractivity contribution in [3.8, 4) is 0 Å². The van der Waals surface area contributed by atoms with Gasteiger partial charge in [0, 0.05) is 12.1 Å². The SMILES string of the molecule is CCOC(=O)CN(CC)C(=O)c1ccc(C(F)(F)F)cc1. The Labute approximate surface area is 120 Å². The average molecular weight is 303 g/mol. The topological polar surface area (TPSA) is 46.6 Å². The second kappa shape index (κ2) is 7.10. The van der Waals surface area contributed by atoms with Crippen molar-refractivity contribution in [2.75, 3.05) is 19.7 Å². The molecule has 0 N–H and O–H groups in total. The van der Waals surface area contributed by atoms with Crippen LogP contribution in [0.2, 0.25) is 0 Å². The molecule has 0 saturated heterocycles. The zero-order chi connectivity index (χ0) is 16.0. The molecule has 0 aliphatic rings. The van der Waals surface area contributed by atoms with E-state index in [-0.39, 0.29) is 25.3 Å². The first-order valence-corrected chi connectivity index (χ1v) is 6.41. The summed E-state index contributed by atoms with van der Waals surface area (Å²) in [6.45, 7) is 3.53. The van der Waals surface area contributed by atoms with Gasteiger partial charge in [-0.3, -0.25) is 9.59 Å². The maximum absolute atomic E-state index is 12.4. The van der Waals surface area contributed by atoms with Crippen LogP contribution in [0.25, 0.3) is 0 Å². The molecule has 4 nitrogen and oxygen atoms in total. The third kappa shape index (κ3) is 4.77. The molecule has 0 spiro atoms. The number of rotatable bonds is 5. The van der Waals surface area contributed by atoms with Crippen LogP contribution in [0.4, 0.5) is 13.2 Å². The van der Waals surface area contributed by atoms with Crippen LogP contribution < -0.4 is 0 Å². The summed E-state index contributed by atoms with van der Waals surface area (Å²) in [5.74, 6) is -1.07. The van der Waals surface area contributed by atoms with Gasteiger partial charge in [0.1, 0.15) is 6.54 Å². The molecule has 0 aromatic heterocycles. The van der Waals surface area contributed by atoms with Gasteiger partial charge in [-0.15, -0.1) is 0 Å². The van der Waals surface area contributed by atoms with E-state index >= 15 is 0 Å². The molecular weight excluding hydrogens is 287 g/mol. The van der Waals surface area contributed by atoms with Crippen molar-refractivity contribution in [2.45, 2.75) is 20.0 Å². The van der Waals surface area contributed by atoms with Crippen LogP contribution in [0.1, 0.15) is 29.8 Å². The number of carbonyl (C=O) groups excluding carboxylic acids is 2. The van der Waals surface area contributed by atoms with E-state index < -0.39 is 23.6 Å². The molecule has 1 amide bonds. The van der Waals surface area contributed by atoms with Gasteiger partial charge < -0.3 is 9.64 Å². The molecule has 1 rings (SSSR count). The molecule has 1 aromatic carbocycles.